The van der Waals surface area contributed by atoms with Gasteiger partial charge >= 0.3 is 13.7 Å². The molecule has 0 saturated carbocycles. The number of amides is 1. The number of nitrogens with one attached hydrogen (secondary N) is 1. The van der Waals surface area contributed by atoms with E-state index in [9.17, 15) is 19.5 Å². The van der Waals surface area contributed by atoms with Crippen LogP contribution in [0.2, 0.25) is 0 Å². The molecule has 0 aromatic heterocycles. The SMILES string of the molecule is CCOP(=O)(C[C@@H](NC(=O)OCc1ccccc1)c1ccc([N+](=O)[O-])cc1)OCC. The summed E-state index contributed by atoms with van der Waals surface area (Å²) in [6, 6.07) is 14.0. The van der Waals surface area contributed by atoms with E-state index in [4.69, 9.17) is 13.8 Å². The summed E-state index contributed by atoms with van der Waals surface area (Å²) in [5.74, 6) is 0. The number of benzene rings is 2. The first kappa shape index (κ1) is 23.5. The standard InChI is InChI=1S/C20H25N2O7P/c1-3-28-30(26,29-4-2)15-19(17-10-12-18(13-11-17)22(24)25)21-20(23)27-14-16-8-6-5-7-9-16/h5-13,19H,3-4,14-15H2,1-2H3,(H,21,23)/t19-/m1/s1. The third kappa shape index (κ3) is 7.26. The lowest BCUT2D eigenvalue weighted by Gasteiger charge is -2.24. The molecule has 0 heterocycles. The topological polar surface area (TPSA) is 117 Å². The molecule has 10 heteroatoms. The van der Waals surface area contributed by atoms with Crippen molar-refractivity contribution in [3.05, 3.63) is 75.8 Å². The van der Waals surface area contributed by atoms with Crippen LogP contribution in [0.4, 0.5) is 10.5 Å². The highest BCUT2D eigenvalue weighted by molar-refractivity contribution is 7.53. The number of rotatable bonds is 11. The number of nitro benzene ring substituents is 1. The summed E-state index contributed by atoms with van der Waals surface area (Å²) < 4.78 is 28.9. The minimum absolute atomic E-state index is 0.0637. The number of hydrogen-bond donors (Lipinski definition) is 1. The van der Waals surface area contributed by atoms with Crippen molar-refractivity contribution in [1.29, 1.82) is 0 Å². The van der Waals surface area contributed by atoms with Gasteiger partial charge in [0.15, 0.2) is 0 Å². The maximum absolute atomic E-state index is 13.0. The maximum Gasteiger partial charge on any atom is 0.407 e. The van der Waals surface area contributed by atoms with Crippen molar-refractivity contribution >= 4 is 19.4 Å². The molecule has 2 aromatic rings. The molecule has 1 N–H and O–H groups in total. The molecule has 0 aliphatic carbocycles. The molecule has 9 nitrogen and oxygen atoms in total. The second kappa shape index (κ2) is 11.4. The summed E-state index contributed by atoms with van der Waals surface area (Å²) in [7, 11) is -3.51. The van der Waals surface area contributed by atoms with Gasteiger partial charge in [-0.3, -0.25) is 14.7 Å². The highest BCUT2D eigenvalue weighted by Crippen LogP contribution is 2.50. The van der Waals surface area contributed by atoms with Crippen molar-refractivity contribution in [1.82, 2.24) is 5.32 Å². The number of alkyl carbamates (subject to hydrolysis) is 1. The van der Waals surface area contributed by atoms with E-state index >= 15 is 0 Å². The minimum atomic E-state index is -3.51. The van der Waals surface area contributed by atoms with Gasteiger partial charge in [-0.05, 0) is 25.0 Å². The molecular weight excluding hydrogens is 411 g/mol. The van der Waals surface area contributed by atoms with Gasteiger partial charge in [-0.25, -0.2) is 4.79 Å². The Morgan fingerprint density at radius 2 is 1.67 bits per heavy atom. The fraction of sp³-hybridized carbons (Fsp3) is 0.350. The fourth-order valence-electron chi connectivity index (χ4n) is 2.73. The molecule has 162 valence electrons. The minimum Gasteiger partial charge on any atom is -0.445 e. The van der Waals surface area contributed by atoms with Gasteiger partial charge in [0.1, 0.15) is 6.61 Å². The Morgan fingerprint density at radius 3 is 2.20 bits per heavy atom. The Kier molecular flexibility index (Phi) is 8.98. The number of carbonyl (C=O) groups is 1. The van der Waals surface area contributed by atoms with Crippen LogP contribution in [-0.4, -0.2) is 30.4 Å². The molecule has 0 fully saturated rings. The molecule has 0 saturated heterocycles. The Morgan fingerprint density at radius 1 is 1.07 bits per heavy atom. The van der Waals surface area contributed by atoms with E-state index in [1.807, 2.05) is 30.3 Å². The van der Waals surface area contributed by atoms with Gasteiger partial charge in [-0.1, -0.05) is 42.5 Å². The van der Waals surface area contributed by atoms with Gasteiger partial charge in [-0.2, -0.15) is 0 Å². The van der Waals surface area contributed by atoms with E-state index in [0.717, 1.165) is 5.56 Å². The van der Waals surface area contributed by atoms with Crippen LogP contribution in [0.1, 0.15) is 31.0 Å². The van der Waals surface area contributed by atoms with Gasteiger partial charge < -0.3 is 19.1 Å². The zero-order valence-electron chi connectivity index (χ0n) is 16.9. The maximum atomic E-state index is 13.0. The molecular formula is C20H25N2O7P. The van der Waals surface area contributed by atoms with Crippen LogP contribution < -0.4 is 5.32 Å². The lowest BCUT2D eigenvalue weighted by Crippen LogP contribution is -2.31. The van der Waals surface area contributed by atoms with Gasteiger partial charge in [-0.15, -0.1) is 0 Å². The average Bonchev–Trinajstić information content (AvgIpc) is 2.73. The lowest BCUT2D eigenvalue weighted by atomic mass is 10.1. The number of carbonyl (C=O) groups excluding carboxylic acids is 1. The summed E-state index contributed by atoms with van der Waals surface area (Å²) in [4.78, 5) is 22.8. The third-order valence-corrected chi connectivity index (χ3v) is 6.18. The molecule has 1 atom stereocenters. The predicted molar refractivity (Wildman–Crippen MR) is 111 cm³/mol. The zero-order chi connectivity index (χ0) is 22.0. The Balaban J connectivity index is 2.17. The number of nitro groups is 1. The van der Waals surface area contributed by atoms with Crippen LogP contribution in [0, 0.1) is 10.1 Å². The molecule has 0 aliphatic heterocycles. The van der Waals surface area contributed by atoms with Crippen molar-refractivity contribution in [3.63, 3.8) is 0 Å². The molecule has 0 aliphatic rings. The van der Waals surface area contributed by atoms with Crippen LogP contribution in [0.3, 0.4) is 0 Å². The molecule has 2 aromatic carbocycles. The van der Waals surface area contributed by atoms with E-state index in [2.05, 4.69) is 5.32 Å². The van der Waals surface area contributed by atoms with Gasteiger partial charge in [0.2, 0.25) is 0 Å². The van der Waals surface area contributed by atoms with Crippen molar-refractivity contribution in [2.45, 2.75) is 26.5 Å². The molecule has 0 bridgehead atoms. The summed E-state index contributed by atoms with van der Waals surface area (Å²) in [5, 5.41) is 13.6. The average molecular weight is 436 g/mol. The summed E-state index contributed by atoms with van der Waals surface area (Å²) in [6.45, 7) is 3.78. The molecule has 2 rings (SSSR count). The predicted octanol–water partition coefficient (Wildman–Crippen LogP) is 4.83. The highest BCUT2D eigenvalue weighted by atomic mass is 31.2. The zero-order valence-corrected chi connectivity index (χ0v) is 17.7. The number of hydrogen-bond acceptors (Lipinski definition) is 7. The summed E-state index contributed by atoms with van der Waals surface area (Å²) in [5.41, 5.74) is 1.23. The second-order valence-corrected chi connectivity index (χ2v) is 8.34. The largest absolute Gasteiger partial charge is 0.445 e. The first-order chi connectivity index (χ1) is 14.4. The quantitative estimate of drug-likeness (QED) is 0.305. The number of nitrogens with zero attached hydrogens (tertiary/aromatic N) is 1. The van der Waals surface area contributed by atoms with Crippen LogP contribution in [0.25, 0.3) is 0 Å². The van der Waals surface area contributed by atoms with E-state index < -0.39 is 24.7 Å². The highest BCUT2D eigenvalue weighted by Gasteiger charge is 2.31. The molecule has 30 heavy (non-hydrogen) atoms. The monoisotopic (exact) mass is 436 g/mol. The summed E-state index contributed by atoms with van der Waals surface area (Å²) in [6.07, 6.45) is -0.867. The molecule has 0 spiro atoms. The van der Waals surface area contributed by atoms with E-state index in [1.54, 1.807) is 13.8 Å². The first-order valence-corrected chi connectivity index (χ1v) is 11.2. The Hall–Kier alpha value is -2.74. The third-order valence-electron chi connectivity index (χ3n) is 4.07. The first-order valence-electron chi connectivity index (χ1n) is 9.46. The van der Waals surface area contributed by atoms with Crippen molar-refractivity contribution in [2.75, 3.05) is 19.4 Å². The normalized spacial score (nSPS) is 12.2. The van der Waals surface area contributed by atoms with Crippen LogP contribution in [0.5, 0.6) is 0 Å². The van der Waals surface area contributed by atoms with Crippen molar-refractivity contribution < 1.29 is 28.1 Å². The van der Waals surface area contributed by atoms with Crippen LogP contribution >= 0.6 is 7.60 Å². The van der Waals surface area contributed by atoms with Gasteiger partial charge in [0, 0.05) is 12.1 Å². The van der Waals surface area contributed by atoms with Crippen LogP contribution in [-0.2, 0) is 25.0 Å². The fourth-order valence-corrected chi connectivity index (χ4v) is 4.55. The van der Waals surface area contributed by atoms with Crippen molar-refractivity contribution in [2.24, 2.45) is 0 Å². The molecule has 0 radical (unpaired) electrons. The number of non-ortho nitro benzene ring substituents is 1. The lowest BCUT2D eigenvalue weighted by molar-refractivity contribution is -0.384. The van der Waals surface area contributed by atoms with E-state index in [1.165, 1.54) is 24.3 Å². The second-order valence-electron chi connectivity index (χ2n) is 6.24. The Bertz CT molecular complexity index is 864. The summed E-state index contributed by atoms with van der Waals surface area (Å²) >= 11 is 0. The number of ether oxygens (including phenoxy) is 1. The smallest absolute Gasteiger partial charge is 0.407 e. The van der Waals surface area contributed by atoms with Crippen LogP contribution in [0.15, 0.2) is 54.6 Å². The van der Waals surface area contributed by atoms with Crippen molar-refractivity contribution in [3.8, 4) is 0 Å². The molecule has 0 unspecified atom stereocenters. The van der Waals surface area contributed by atoms with Gasteiger partial charge in [0.25, 0.3) is 5.69 Å². The van der Waals surface area contributed by atoms with E-state index in [-0.39, 0.29) is 31.7 Å². The van der Waals surface area contributed by atoms with E-state index in [0.29, 0.717) is 5.56 Å². The Labute approximate surface area is 175 Å². The molecule has 1 amide bonds. The van der Waals surface area contributed by atoms with Gasteiger partial charge in [0.05, 0.1) is 30.3 Å².